The molecule has 0 aromatic heterocycles. The third-order valence-electron chi connectivity index (χ3n) is 5.18. The zero-order valence-corrected chi connectivity index (χ0v) is 15.5. The van der Waals surface area contributed by atoms with Crippen molar-refractivity contribution in [3.8, 4) is 0 Å². The molecule has 1 aliphatic rings. The number of nitrogens with zero attached hydrogens (tertiary/aromatic N) is 2. The summed E-state index contributed by atoms with van der Waals surface area (Å²) in [6.07, 6.45) is 2.26. The van der Waals surface area contributed by atoms with E-state index in [2.05, 4.69) is 67.3 Å². The predicted octanol–water partition coefficient (Wildman–Crippen LogP) is 4.57. The molecule has 1 saturated heterocycles. The lowest BCUT2D eigenvalue weighted by Gasteiger charge is -2.36. The number of benzene rings is 2. The number of piperidine rings is 1. The molecule has 0 spiro atoms. The van der Waals surface area contributed by atoms with Crippen LogP contribution in [-0.4, -0.2) is 25.5 Å². The number of carbonyl (C=O) groups is 1. The number of anilines is 2. The van der Waals surface area contributed by atoms with E-state index in [1.807, 2.05) is 4.90 Å². The lowest BCUT2D eigenvalue weighted by atomic mass is 9.95. The molecule has 0 bridgehead atoms. The van der Waals surface area contributed by atoms with Gasteiger partial charge in [-0.25, -0.2) is 0 Å². The van der Waals surface area contributed by atoms with Gasteiger partial charge in [0, 0.05) is 37.9 Å². The van der Waals surface area contributed by atoms with E-state index < -0.39 is 0 Å². The molecule has 1 heterocycles. The lowest BCUT2D eigenvalue weighted by molar-refractivity contribution is -0.116. The fraction of sp³-hybridized carbons (Fsp3) is 0.409. The maximum Gasteiger partial charge on any atom is 0.223 e. The molecule has 2 aromatic rings. The topological polar surface area (TPSA) is 23.6 Å². The van der Waals surface area contributed by atoms with Crippen LogP contribution >= 0.6 is 0 Å². The molecule has 0 N–H and O–H groups in total. The van der Waals surface area contributed by atoms with Gasteiger partial charge < -0.3 is 9.80 Å². The third kappa shape index (κ3) is 4.41. The van der Waals surface area contributed by atoms with E-state index in [-0.39, 0.29) is 5.91 Å². The molecule has 0 radical (unpaired) electrons. The van der Waals surface area contributed by atoms with Gasteiger partial charge in [0.05, 0.1) is 0 Å². The van der Waals surface area contributed by atoms with E-state index >= 15 is 0 Å². The number of amides is 1. The number of aryl methyl sites for hydroxylation is 2. The van der Waals surface area contributed by atoms with Crippen LogP contribution < -0.4 is 9.80 Å². The van der Waals surface area contributed by atoms with Crippen LogP contribution in [0.5, 0.6) is 0 Å². The second-order valence-corrected chi connectivity index (χ2v) is 7.23. The smallest absolute Gasteiger partial charge is 0.223 e. The van der Waals surface area contributed by atoms with Crippen LogP contribution in [0.1, 0.15) is 30.9 Å². The van der Waals surface area contributed by atoms with Crippen LogP contribution in [0.4, 0.5) is 11.4 Å². The molecule has 0 saturated carbocycles. The quantitative estimate of drug-likeness (QED) is 0.816. The van der Waals surface area contributed by atoms with E-state index in [1.54, 1.807) is 6.92 Å². The van der Waals surface area contributed by atoms with Crippen molar-refractivity contribution in [1.82, 2.24) is 0 Å². The highest BCUT2D eigenvalue weighted by Gasteiger charge is 2.23. The zero-order valence-electron chi connectivity index (χ0n) is 15.5. The van der Waals surface area contributed by atoms with Crippen molar-refractivity contribution in [3.63, 3.8) is 0 Å². The Morgan fingerprint density at radius 2 is 1.48 bits per heavy atom. The fourth-order valence-corrected chi connectivity index (χ4v) is 3.53. The first-order valence-corrected chi connectivity index (χ1v) is 9.19. The average Bonchev–Trinajstić information content (AvgIpc) is 2.62. The standard InChI is InChI=1S/C22H28N2O/c1-17-4-8-21(9-5-17)23-14-12-20(13-15-23)16-24(19(3)25)22-10-6-18(2)7-11-22/h4-11,20H,12-16H2,1-3H3. The first-order valence-electron chi connectivity index (χ1n) is 9.19. The highest BCUT2D eigenvalue weighted by atomic mass is 16.2. The zero-order chi connectivity index (χ0) is 17.8. The predicted molar refractivity (Wildman–Crippen MR) is 105 cm³/mol. The third-order valence-corrected chi connectivity index (χ3v) is 5.18. The fourth-order valence-electron chi connectivity index (χ4n) is 3.53. The van der Waals surface area contributed by atoms with Gasteiger partial charge in [-0.3, -0.25) is 4.79 Å². The second kappa shape index (κ2) is 7.73. The van der Waals surface area contributed by atoms with Gasteiger partial charge in [0.2, 0.25) is 5.91 Å². The molecule has 0 atom stereocenters. The summed E-state index contributed by atoms with van der Waals surface area (Å²) in [5, 5.41) is 0. The van der Waals surface area contributed by atoms with Crippen molar-refractivity contribution in [3.05, 3.63) is 59.7 Å². The van der Waals surface area contributed by atoms with E-state index in [4.69, 9.17) is 0 Å². The maximum atomic E-state index is 12.1. The minimum absolute atomic E-state index is 0.129. The maximum absolute atomic E-state index is 12.1. The molecule has 1 amide bonds. The van der Waals surface area contributed by atoms with Crippen LogP contribution in [0.3, 0.4) is 0 Å². The summed E-state index contributed by atoms with van der Waals surface area (Å²) < 4.78 is 0. The highest BCUT2D eigenvalue weighted by molar-refractivity contribution is 5.91. The molecule has 25 heavy (non-hydrogen) atoms. The van der Waals surface area contributed by atoms with Gasteiger partial charge in [-0.15, -0.1) is 0 Å². The van der Waals surface area contributed by atoms with Crippen molar-refractivity contribution in [2.24, 2.45) is 5.92 Å². The van der Waals surface area contributed by atoms with Crippen LogP contribution in [0, 0.1) is 19.8 Å². The molecule has 2 aromatic carbocycles. The Labute approximate surface area is 151 Å². The normalized spacial score (nSPS) is 15.2. The molecular formula is C22H28N2O. The molecule has 1 fully saturated rings. The van der Waals surface area contributed by atoms with E-state index in [0.717, 1.165) is 38.2 Å². The van der Waals surface area contributed by atoms with Crippen molar-refractivity contribution in [2.75, 3.05) is 29.4 Å². The highest BCUT2D eigenvalue weighted by Crippen LogP contribution is 2.26. The Kier molecular flexibility index (Phi) is 5.42. The van der Waals surface area contributed by atoms with Crippen LogP contribution in [0.25, 0.3) is 0 Å². The van der Waals surface area contributed by atoms with Gasteiger partial charge in [0.25, 0.3) is 0 Å². The summed E-state index contributed by atoms with van der Waals surface area (Å²) >= 11 is 0. The van der Waals surface area contributed by atoms with Gasteiger partial charge in [-0.2, -0.15) is 0 Å². The molecule has 0 unspecified atom stereocenters. The van der Waals surface area contributed by atoms with Crippen molar-refractivity contribution in [1.29, 1.82) is 0 Å². The Hall–Kier alpha value is -2.29. The van der Waals surface area contributed by atoms with E-state index in [1.165, 1.54) is 16.8 Å². The first kappa shape index (κ1) is 17.5. The first-order chi connectivity index (χ1) is 12.0. The summed E-state index contributed by atoms with van der Waals surface area (Å²) in [7, 11) is 0. The van der Waals surface area contributed by atoms with Crippen LogP contribution in [0.15, 0.2) is 48.5 Å². The van der Waals surface area contributed by atoms with Crippen LogP contribution in [-0.2, 0) is 4.79 Å². The van der Waals surface area contributed by atoms with Gasteiger partial charge in [0.1, 0.15) is 0 Å². The largest absolute Gasteiger partial charge is 0.372 e. The molecule has 1 aliphatic heterocycles. The van der Waals surface area contributed by atoms with Crippen molar-refractivity contribution in [2.45, 2.75) is 33.6 Å². The molecule has 3 nitrogen and oxygen atoms in total. The number of hydrogen-bond donors (Lipinski definition) is 0. The van der Waals surface area contributed by atoms with Gasteiger partial charge in [-0.05, 0) is 56.9 Å². The number of rotatable bonds is 4. The van der Waals surface area contributed by atoms with Gasteiger partial charge >= 0.3 is 0 Å². The Morgan fingerprint density at radius 1 is 0.960 bits per heavy atom. The molecular weight excluding hydrogens is 308 g/mol. The summed E-state index contributed by atoms with van der Waals surface area (Å²) in [4.78, 5) is 16.5. The SMILES string of the molecule is CC(=O)N(CC1CCN(c2ccc(C)cc2)CC1)c1ccc(C)cc1. The summed E-state index contributed by atoms with van der Waals surface area (Å²) in [5.74, 6) is 0.691. The molecule has 0 aliphatic carbocycles. The summed E-state index contributed by atoms with van der Waals surface area (Å²) in [6, 6.07) is 17.0. The lowest BCUT2D eigenvalue weighted by Crippen LogP contribution is -2.40. The number of hydrogen-bond acceptors (Lipinski definition) is 2. The molecule has 3 rings (SSSR count). The Bertz CT molecular complexity index is 698. The van der Waals surface area contributed by atoms with Crippen molar-refractivity contribution >= 4 is 17.3 Å². The monoisotopic (exact) mass is 336 g/mol. The minimum Gasteiger partial charge on any atom is -0.372 e. The van der Waals surface area contributed by atoms with Gasteiger partial charge in [0.15, 0.2) is 0 Å². The Morgan fingerprint density at radius 3 is 2.00 bits per heavy atom. The molecule has 132 valence electrons. The second-order valence-electron chi connectivity index (χ2n) is 7.23. The summed E-state index contributed by atoms with van der Waals surface area (Å²) in [5.41, 5.74) is 4.84. The van der Waals surface area contributed by atoms with Crippen LogP contribution in [0.2, 0.25) is 0 Å². The van der Waals surface area contributed by atoms with Crippen molar-refractivity contribution < 1.29 is 4.79 Å². The molecule has 3 heteroatoms. The van der Waals surface area contributed by atoms with Gasteiger partial charge in [-0.1, -0.05) is 35.4 Å². The Balaban J connectivity index is 1.60. The minimum atomic E-state index is 0.129. The van der Waals surface area contributed by atoms with E-state index in [0.29, 0.717) is 5.92 Å². The average molecular weight is 336 g/mol. The summed E-state index contributed by atoms with van der Waals surface area (Å²) in [6.45, 7) is 8.81. The number of carbonyl (C=O) groups excluding carboxylic acids is 1. The van der Waals surface area contributed by atoms with E-state index in [9.17, 15) is 4.79 Å².